The van der Waals surface area contributed by atoms with Crippen LogP contribution in [0.15, 0.2) is 35.9 Å². The van der Waals surface area contributed by atoms with Crippen LogP contribution in [-0.2, 0) is 27.0 Å². The Kier molecular flexibility index (Phi) is 8.64. The van der Waals surface area contributed by atoms with E-state index in [2.05, 4.69) is 10.6 Å². The highest BCUT2D eigenvalue weighted by molar-refractivity contribution is 5.93. The van der Waals surface area contributed by atoms with Gasteiger partial charge in [-0.25, -0.2) is 0 Å². The summed E-state index contributed by atoms with van der Waals surface area (Å²) in [7, 11) is 0. The zero-order valence-corrected chi connectivity index (χ0v) is 18.0. The van der Waals surface area contributed by atoms with E-state index in [1.807, 2.05) is 13.8 Å². The monoisotopic (exact) mass is 441 g/mol. The smallest absolute Gasteiger partial charge is 0.369 e. The minimum atomic E-state index is -4.40. The van der Waals surface area contributed by atoms with Crippen LogP contribution in [0.4, 0.5) is 13.2 Å². The van der Waals surface area contributed by atoms with Gasteiger partial charge in [0, 0.05) is 25.1 Å². The minimum Gasteiger partial charge on any atom is -0.369 e. The van der Waals surface area contributed by atoms with Crippen molar-refractivity contribution in [2.45, 2.75) is 77.0 Å². The number of alkyl halides is 3. The van der Waals surface area contributed by atoms with Gasteiger partial charge in [0.25, 0.3) is 0 Å². The maximum Gasteiger partial charge on any atom is 0.416 e. The van der Waals surface area contributed by atoms with Crippen molar-refractivity contribution >= 4 is 11.8 Å². The van der Waals surface area contributed by atoms with Crippen molar-refractivity contribution in [1.82, 2.24) is 10.6 Å². The Morgan fingerprint density at radius 3 is 2.32 bits per heavy atom. The first kappa shape index (κ1) is 24.9. The molecule has 172 valence electrons. The summed E-state index contributed by atoms with van der Waals surface area (Å²) in [5, 5.41) is 5.53. The van der Waals surface area contributed by atoms with Crippen molar-refractivity contribution in [3.63, 3.8) is 0 Å². The van der Waals surface area contributed by atoms with Gasteiger partial charge in [-0.05, 0) is 43.0 Å². The number of hydrogen-bond donors (Lipinski definition) is 3. The molecule has 0 radical (unpaired) electrons. The average molecular weight is 441 g/mol. The largest absolute Gasteiger partial charge is 0.416 e. The van der Waals surface area contributed by atoms with Crippen LogP contribution >= 0.6 is 0 Å². The number of nitrogens with one attached hydrogen (secondary N) is 2. The summed E-state index contributed by atoms with van der Waals surface area (Å²) in [5.74, 6) is -0.600. The van der Waals surface area contributed by atoms with Gasteiger partial charge in [-0.1, -0.05) is 26.0 Å². The highest BCUT2D eigenvalue weighted by Gasteiger charge is 2.35. The molecule has 1 aromatic carbocycles. The molecule has 9 heteroatoms. The molecule has 31 heavy (non-hydrogen) atoms. The summed E-state index contributed by atoms with van der Waals surface area (Å²) in [6, 6.07) is 3.65. The van der Waals surface area contributed by atoms with Crippen LogP contribution < -0.4 is 16.4 Å². The van der Waals surface area contributed by atoms with Gasteiger partial charge in [0.1, 0.15) is 0 Å². The number of nitrogens with two attached hydrogens (primary N) is 1. The zero-order valence-electron chi connectivity index (χ0n) is 18.0. The van der Waals surface area contributed by atoms with Crippen molar-refractivity contribution in [1.29, 1.82) is 0 Å². The highest BCUT2D eigenvalue weighted by atomic mass is 19.4. The first-order valence-corrected chi connectivity index (χ1v) is 10.4. The Labute approximate surface area is 180 Å². The van der Waals surface area contributed by atoms with Crippen LogP contribution in [0.1, 0.15) is 51.2 Å². The molecule has 2 amide bonds. The number of rotatable bonds is 8. The fraction of sp³-hybridized carbons (Fsp3) is 0.545. The Morgan fingerprint density at radius 1 is 1.19 bits per heavy atom. The topological polar surface area (TPSA) is 93.4 Å². The first-order valence-electron chi connectivity index (χ1n) is 10.4. The van der Waals surface area contributed by atoms with E-state index < -0.39 is 29.9 Å². The standard InChI is InChI=1S/C22H30F3N3O3/c1-4-17(5-2)31-19-11-15(10-18(26)20(19)28-13(3)29)21(30)27-12-14-6-8-16(9-7-14)22(23,24)25/h6-9,11,17-20H,4-5,10,12,26H2,1-3H3,(H,27,30)(H,28,29)/t18-,19+,20+/m0/s1. The molecule has 0 bridgehead atoms. The fourth-order valence-electron chi connectivity index (χ4n) is 3.52. The quantitative estimate of drug-likeness (QED) is 0.578. The van der Waals surface area contributed by atoms with E-state index in [1.54, 1.807) is 6.08 Å². The lowest BCUT2D eigenvalue weighted by atomic mass is 9.87. The molecular formula is C22H30F3N3O3. The predicted molar refractivity (Wildman–Crippen MR) is 111 cm³/mol. The molecule has 1 aliphatic rings. The second-order valence-electron chi connectivity index (χ2n) is 7.70. The van der Waals surface area contributed by atoms with E-state index in [9.17, 15) is 22.8 Å². The molecular weight excluding hydrogens is 411 g/mol. The molecule has 0 heterocycles. The van der Waals surface area contributed by atoms with Gasteiger partial charge in [0.2, 0.25) is 11.8 Å². The van der Waals surface area contributed by atoms with Crippen molar-refractivity contribution in [2.24, 2.45) is 5.73 Å². The summed E-state index contributed by atoms with van der Waals surface area (Å²) in [5.41, 5.74) is 6.48. The van der Waals surface area contributed by atoms with E-state index in [0.717, 1.165) is 25.0 Å². The summed E-state index contributed by atoms with van der Waals surface area (Å²) in [4.78, 5) is 24.3. The molecule has 0 aliphatic heterocycles. The lowest BCUT2D eigenvalue weighted by Crippen LogP contribution is -2.57. The van der Waals surface area contributed by atoms with E-state index >= 15 is 0 Å². The SMILES string of the molecule is CCC(CC)O[C@@H]1C=C(C(=O)NCc2ccc(C(F)(F)F)cc2)C[C@H](N)[C@H]1NC(C)=O. The van der Waals surface area contributed by atoms with Crippen LogP contribution in [0.2, 0.25) is 0 Å². The zero-order chi connectivity index (χ0) is 23.2. The molecule has 1 aliphatic carbocycles. The lowest BCUT2D eigenvalue weighted by molar-refractivity contribution is -0.137. The minimum absolute atomic E-state index is 0.0423. The number of carbonyl (C=O) groups excluding carboxylic acids is 2. The molecule has 3 atom stereocenters. The molecule has 0 fully saturated rings. The van der Waals surface area contributed by atoms with E-state index in [-0.39, 0.29) is 30.9 Å². The van der Waals surface area contributed by atoms with E-state index in [4.69, 9.17) is 10.5 Å². The molecule has 0 aromatic heterocycles. The van der Waals surface area contributed by atoms with Crippen LogP contribution in [0, 0.1) is 0 Å². The van der Waals surface area contributed by atoms with Crippen LogP contribution in [-0.4, -0.2) is 36.1 Å². The molecule has 6 nitrogen and oxygen atoms in total. The van der Waals surface area contributed by atoms with E-state index in [0.29, 0.717) is 11.1 Å². The lowest BCUT2D eigenvalue weighted by Gasteiger charge is -2.36. The van der Waals surface area contributed by atoms with Gasteiger partial charge >= 0.3 is 6.18 Å². The normalized spacial score (nSPS) is 21.5. The summed E-state index contributed by atoms with van der Waals surface area (Å²) in [6.07, 6.45) is -1.52. The van der Waals surface area contributed by atoms with Gasteiger partial charge in [-0.3, -0.25) is 9.59 Å². The van der Waals surface area contributed by atoms with Crippen molar-refractivity contribution in [3.8, 4) is 0 Å². The number of carbonyl (C=O) groups is 2. The second kappa shape index (κ2) is 10.8. The maximum absolute atomic E-state index is 12.7. The maximum atomic E-state index is 12.7. The van der Waals surface area contributed by atoms with Crippen LogP contribution in [0.5, 0.6) is 0 Å². The van der Waals surface area contributed by atoms with Crippen molar-refractivity contribution in [2.75, 3.05) is 0 Å². The number of hydrogen-bond acceptors (Lipinski definition) is 4. The molecule has 4 N–H and O–H groups in total. The van der Waals surface area contributed by atoms with Gasteiger partial charge in [-0.15, -0.1) is 0 Å². The van der Waals surface area contributed by atoms with Crippen LogP contribution in [0.25, 0.3) is 0 Å². The fourth-order valence-corrected chi connectivity index (χ4v) is 3.52. The molecule has 2 rings (SSSR count). The second-order valence-corrected chi connectivity index (χ2v) is 7.70. The average Bonchev–Trinajstić information content (AvgIpc) is 2.71. The van der Waals surface area contributed by atoms with Gasteiger partial charge in [0.15, 0.2) is 0 Å². The number of ether oxygens (including phenoxy) is 1. The third-order valence-electron chi connectivity index (χ3n) is 5.29. The van der Waals surface area contributed by atoms with Crippen molar-refractivity contribution in [3.05, 3.63) is 47.0 Å². The Hall–Kier alpha value is -2.39. The Balaban J connectivity index is 2.10. The van der Waals surface area contributed by atoms with Crippen molar-refractivity contribution < 1.29 is 27.5 Å². The molecule has 0 spiro atoms. The summed E-state index contributed by atoms with van der Waals surface area (Å²) in [6.45, 7) is 5.46. The van der Waals surface area contributed by atoms with Gasteiger partial charge in [0.05, 0.1) is 23.8 Å². The Bertz CT molecular complexity index is 789. The van der Waals surface area contributed by atoms with E-state index in [1.165, 1.54) is 19.1 Å². The predicted octanol–water partition coefficient (Wildman–Crippen LogP) is 3.06. The summed E-state index contributed by atoms with van der Waals surface area (Å²) >= 11 is 0. The van der Waals surface area contributed by atoms with Gasteiger partial charge < -0.3 is 21.1 Å². The third kappa shape index (κ3) is 7.07. The molecule has 0 saturated heterocycles. The number of amides is 2. The number of halogens is 3. The Morgan fingerprint density at radius 2 is 1.81 bits per heavy atom. The molecule has 1 aromatic rings. The van der Waals surface area contributed by atoms with Gasteiger partial charge in [-0.2, -0.15) is 13.2 Å². The molecule has 0 unspecified atom stereocenters. The number of benzene rings is 1. The first-order chi connectivity index (χ1) is 14.5. The summed E-state index contributed by atoms with van der Waals surface area (Å²) < 4.78 is 44.1. The third-order valence-corrected chi connectivity index (χ3v) is 5.29. The molecule has 0 saturated carbocycles. The highest BCUT2D eigenvalue weighted by Crippen LogP contribution is 2.29. The van der Waals surface area contributed by atoms with Crippen LogP contribution in [0.3, 0.4) is 0 Å².